The van der Waals surface area contributed by atoms with E-state index in [2.05, 4.69) is 6.92 Å². The van der Waals surface area contributed by atoms with Gasteiger partial charge in [-0.15, -0.1) is 0 Å². The van der Waals surface area contributed by atoms with Gasteiger partial charge in [0.15, 0.2) is 0 Å². The summed E-state index contributed by atoms with van der Waals surface area (Å²) in [6, 6.07) is 0. The molecule has 1 saturated carbocycles. The van der Waals surface area contributed by atoms with E-state index in [4.69, 9.17) is 0 Å². The molecule has 0 aliphatic heterocycles. The normalized spacial score (nSPS) is 39.5. The Morgan fingerprint density at radius 2 is 2.17 bits per heavy atom. The minimum absolute atomic E-state index is 0.210. The van der Waals surface area contributed by atoms with Crippen LogP contribution in [0.2, 0.25) is 0 Å². The first kappa shape index (κ1) is 10.0. The molecule has 0 saturated heterocycles. The van der Waals surface area contributed by atoms with Gasteiger partial charge >= 0.3 is 0 Å². The summed E-state index contributed by atoms with van der Waals surface area (Å²) in [6.07, 6.45) is 4.30. The molecule has 12 heavy (non-hydrogen) atoms. The van der Waals surface area contributed by atoms with Gasteiger partial charge in [0.25, 0.3) is 0 Å². The van der Waals surface area contributed by atoms with Crippen molar-refractivity contribution < 1.29 is 10.2 Å². The van der Waals surface area contributed by atoms with E-state index in [0.29, 0.717) is 0 Å². The Balaban J connectivity index is 2.73. The number of aliphatic hydroxyl groups is 2. The molecular formula is C10H20O2. The molecule has 0 spiro atoms. The largest absolute Gasteiger partial charge is 0.393 e. The number of aliphatic hydroxyl groups excluding tert-OH is 2. The second-order valence-corrected chi connectivity index (χ2v) is 4.02. The van der Waals surface area contributed by atoms with Crippen molar-refractivity contribution in [2.75, 3.05) is 0 Å². The monoisotopic (exact) mass is 172 g/mol. The minimum Gasteiger partial charge on any atom is -0.393 e. The van der Waals surface area contributed by atoms with Crippen molar-refractivity contribution in [1.82, 2.24) is 0 Å². The lowest BCUT2D eigenvalue weighted by molar-refractivity contribution is -0.0896. The zero-order valence-corrected chi connectivity index (χ0v) is 8.08. The summed E-state index contributed by atoms with van der Waals surface area (Å²) in [5.41, 5.74) is -0.210. The van der Waals surface area contributed by atoms with E-state index < -0.39 is 0 Å². The van der Waals surface area contributed by atoms with Crippen LogP contribution in [-0.2, 0) is 0 Å². The minimum atomic E-state index is -0.377. The van der Waals surface area contributed by atoms with E-state index in [-0.39, 0.29) is 17.6 Å². The Kier molecular flexibility index (Phi) is 3.13. The lowest BCUT2D eigenvalue weighted by Crippen LogP contribution is -2.45. The molecule has 1 fully saturated rings. The Bertz CT molecular complexity index is 145. The molecule has 0 heterocycles. The van der Waals surface area contributed by atoms with Gasteiger partial charge in [-0.3, -0.25) is 0 Å². The molecule has 2 heteroatoms. The fourth-order valence-corrected chi connectivity index (χ4v) is 2.44. The third kappa shape index (κ3) is 1.50. The lowest BCUT2D eigenvalue weighted by atomic mass is 9.67. The maximum absolute atomic E-state index is 9.83. The van der Waals surface area contributed by atoms with Gasteiger partial charge in [0.1, 0.15) is 0 Å². The zero-order valence-electron chi connectivity index (χ0n) is 8.08. The molecule has 0 amide bonds. The van der Waals surface area contributed by atoms with Crippen molar-refractivity contribution in [2.45, 2.75) is 58.2 Å². The summed E-state index contributed by atoms with van der Waals surface area (Å²) < 4.78 is 0. The summed E-state index contributed by atoms with van der Waals surface area (Å²) in [6.45, 7) is 3.86. The molecule has 1 aliphatic carbocycles. The maximum Gasteiger partial charge on any atom is 0.0620 e. The predicted octanol–water partition coefficient (Wildman–Crippen LogP) is 1.70. The third-order valence-corrected chi connectivity index (χ3v) is 3.52. The highest BCUT2D eigenvalue weighted by Crippen LogP contribution is 2.42. The van der Waals surface area contributed by atoms with Crippen molar-refractivity contribution in [3.05, 3.63) is 0 Å². The molecule has 0 unspecified atom stereocenters. The van der Waals surface area contributed by atoms with E-state index in [1.165, 1.54) is 0 Å². The molecule has 0 aromatic heterocycles. The summed E-state index contributed by atoms with van der Waals surface area (Å²) in [5, 5.41) is 19.5. The van der Waals surface area contributed by atoms with Crippen LogP contribution in [0.4, 0.5) is 0 Å². The zero-order chi connectivity index (χ0) is 9.19. The van der Waals surface area contributed by atoms with Crippen LogP contribution in [0.25, 0.3) is 0 Å². The van der Waals surface area contributed by atoms with Crippen LogP contribution in [0.3, 0.4) is 0 Å². The van der Waals surface area contributed by atoms with Crippen molar-refractivity contribution in [2.24, 2.45) is 5.41 Å². The van der Waals surface area contributed by atoms with E-state index in [0.717, 1.165) is 32.1 Å². The van der Waals surface area contributed by atoms with Gasteiger partial charge in [-0.05, 0) is 26.2 Å². The molecule has 0 aromatic carbocycles. The summed E-state index contributed by atoms with van der Waals surface area (Å²) in [7, 11) is 0. The average Bonchev–Trinajstić information content (AvgIpc) is 2.05. The summed E-state index contributed by atoms with van der Waals surface area (Å²) in [5.74, 6) is 0. The molecule has 2 N–H and O–H groups in total. The van der Waals surface area contributed by atoms with Crippen LogP contribution >= 0.6 is 0 Å². The Morgan fingerprint density at radius 1 is 1.50 bits per heavy atom. The third-order valence-electron chi connectivity index (χ3n) is 3.52. The van der Waals surface area contributed by atoms with Crippen LogP contribution in [0.15, 0.2) is 0 Å². The predicted molar refractivity (Wildman–Crippen MR) is 48.9 cm³/mol. The number of hydrogen-bond acceptors (Lipinski definition) is 2. The van der Waals surface area contributed by atoms with E-state index >= 15 is 0 Å². The summed E-state index contributed by atoms with van der Waals surface area (Å²) >= 11 is 0. The standard InChI is InChI=1S/C10H20O2/c1-3-10(8(2)11)7-5-4-6-9(10)12/h8-9,11-12H,3-7H2,1-2H3/t8-,9+,10+/m1/s1. The quantitative estimate of drug-likeness (QED) is 0.665. The second kappa shape index (κ2) is 3.75. The van der Waals surface area contributed by atoms with Crippen LogP contribution < -0.4 is 0 Å². The summed E-state index contributed by atoms with van der Waals surface area (Å²) in [4.78, 5) is 0. The van der Waals surface area contributed by atoms with Gasteiger partial charge in [0, 0.05) is 5.41 Å². The first-order valence-corrected chi connectivity index (χ1v) is 4.99. The molecule has 0 bridgehead atoms. The smallest absolute Gasteiger partial charge is 0.0620 e. The molecule has 1 rings (SSSR count). The molecular weight excluding hydrogens is 152 g/mol. The van der Waals surface area contributed by atoms with E-state index in [1.807, 2.05) is 0 Å². The van der Waals surface area contributed by atoms with Gasteiger partial charge in [-0.25, -0.2) is 0 Å². The maximum atomic E-state index is 9.83. The van der Waals surface area contributed by atoms with Gasteiger partial charge < -0.3 is 10.2 Å². The van der Waals surface area contributed by atoms with Crippen LogP contribution in [0, 0.1) is 5.41 Å². The van der Waals surface area contributed by atoms with E-state index in [9.17, 15) is 10.2 Å². The first-order chi connectivity index (χ1) is 5.63. The van der Waals surface area contributed by atoms with Crippen LogP contribution in [0.1, 0.15) is 46.0 Å². The molecule has 1 aliphatic rings. The average molecular weight is 172 g/mol. The SMILES string of the molecule is CC[C@@]1([C@@H](C)O)CCCC[C@@H]1O. The first-order valence-electron chi connectivity index (χ1n) is 4.99. The number of rotatable bonds is 2. The van der Waals surface area contributed by atoms with Crippen LogP contribution in [-0.4, -0.2) is 22.4 Å². The second-order valence-electron chi connectivity index (χ2n) is 4.02. The van der Waals surface area contributed by atoms with E-state index in [1.54, 1.807) is 6.92 Å². The molecule has 3 atom stereocenters. The Hall–Kier alpha value is -0.0800. The number of hydrogen-bond donors (Lipinski definition) is 2. The molecule has 72 valence electrons. The lowest BCUT2D eigenvalue weighted by Gasteiger charge is -2.43. The van der Waals surface area contributed by atoms with Gasteiger partial charge in [-0.1, -0.05) is 19.8 Å². The van der Waals surface area contributed by atoms with Crippen molar-refractivity contribution in [3.63, 3.8) is 0 Å². The van der Waals surface area contributed by atoms with Crippen molar-refractivity contribution in [1.29, 1.82) is 0 Å². The fraction of sp³-hybridized carbons (Fsp3) is 1.00. The topological polar surface area (TPSA) is 40.5 Å². The highest BCUT2D eigenvalue weighted by molar-refractivity contribution is 4.92. The Morgan fingerprint density at radius 3 is 2.50 bits per heavy atom. The van der Waals surface area contributed by atoms with Gasteiger partial charge in [0.2, 0.25) is 0 Å². The fourth-order valence-electron chi connectivity index (χ4n) is 2.44. The van der Waals surface area contributed by atoms with Crippen molar-refractivity contribution >= 4 is 0 Å². The van der Waals surface area contributed by atoms with Gasteiger partial charge in [-0.2, -0.15) is 0 Å². The highest BCUT2D eigenvalue weighted by Gasteiger charge is 2.41. The Labute approximate surface area is 74.6 Å². The highest BCUT2D eigenvalue weighted by atomic mass is 16.3. The molecule has 0 radical (unpaired) electrons. The van der Waals surface area contributed by atoms with Gasteiger partial charge in [0.05, 0.1) is 12.2 Å². The molecule has 2 nitrogen and oxygen atoms in total. The van der Waals surface area contributed by atoms with Crippen LogP contribution in [0.5, 0.6) is 0 Å². The molecule has 0 aromatic rings. The van der Waals surface area contributed by atoms with Crippen molar-refractivity contribution in [3.8, 4) is 0 Å².